The average Bonchev–Trinajstić information content (AvgIpc) is 3.19. The Labute approximate surface area is 149 Å². The number of rotatable bonds is 2. The van der Waals surface area contributed by atoms with Crippen molar-refractivity contribution < 1.29 is 14.6 Å². The number of anilines is 1. The summed E-state index contributed by atoms with van der Waals surface area (Å²) in [6.07, 6.45) is 5.20. The van der Waals surface area contributed by atoms with Crippen molar-refractivity contribution in [3.63, 3.8) is 0 Å². The molecule has 1 amide bonds. The second-order valence-corrected chi connectivity index (χ2v) is 7.57. The Bertz CT molecular complexity index is 619. The molecule has 1 spiro atoms. The third-order valence-corrected chi connectivity index (χ3v) is 6.10. The van der Waals surface area contributed by atoms with Crippen molar-refractivity contribution in [2.24, 2.45) is 0 Å². The van der Waals surface area contributed by atoms with E-state index in [4.69, 9.17) is 4.74 Å². The number of hydrogen-bond acceptors (Lipinski definition) is 4. The fraction of sp³-hybridized carbons (Fsp3) is 0.650. The van der Waals surface area contributed by atoms with E-state index in [1.165, 1.54) is 12.8 Å². The van der Waals surface area contributed by atoms with Crippen molar-refractivity contribution >= 4 is 11.6 Å². The van der Waals surface area contributed by atoms with Gasteiger partial charge in [-0.2, -0.15) is 0 Å². The molecule has 5 nitrogen and oxygen atoms in total. The van der Waals surface area contributed by atoms with Crippen LogP contribution in [-0.4, -0.2) is 60.4 Å². The molecule has 3 fully saturated rings. The molecule has 0 aromatic heterocycles. The highest BCUT2D eigenvalue weighted by molar-refractivity contribution is 6.00. The predicted octanol–water partition coefficient (Wildman–Crippen LogP) is 2.43. The predicted molar refractivity (Wildman–Crippen MR) is 97.0 cm³/mol. The monoisotopic (exact) mass is 344 g/mol. The molecule has 4 rings (SSSR count). The van der Waals surface area contributed by atoms with Crippen molar-refractivity contribution in [3.05, 3.63) is 29.8 Å². The molecule has 1 unspecified atom stereocenters. The van der Waals surface area contributed by atoms with Gasteiger partial charge in [-0.3, -0.25) is 4.79 Å². The molecular formula is C20H28N2O3. The van der Waals surface area contributed by atoms with Gasteiger partial charge in [0.2, 0.25) is 0 Å². The lowest BCUT2D eigenvalue weighted by Gasteiger charge is -2.46. The summed E-state index contributed by atoms with van der Waals surface area (Å²) in [5.74, 6) is 0.114. The molecule has 1 atom stereocenters. The van der Waals surface area contributed by atoms with E-state index in [2.05, 4.69) is 11.0 Å². The number of carbonyl (C=O) groups excluding carboxylic acids is 1. The lowest BCUT2D eigenvalue weighted by molar-refractivity contribution is -0.174. The molecule has 1 N–H and O–H groups in total. The molecule has 5 heteroatoms. The second-order valence-electron chi connectivity index (χ2n) is 7.57. The number of aliphatic hydroxyl groups is 1. The first-order valence-electron chi connectivity index (χ1n) is 9.65. The zero-order valence-electron chi connectivity index (χ0n) is 14.8. The summed E-state index contributed by atoms with van der Waals surface area (Å²) in [6, 6.07) is 7.98. The molecule has 136 valence electrons. The highest BCUT2D eigenvalue weighted by Gasteiger charge is 2.44. The molecular weight excluding hydrogens is 316 g/mol. The third-order valence-electron chi connectivity index (χ3n) is 6.10. The number of piperidine rings is 1. The number of hydrogen-bond donors (Lipinski definition) is 1. The van der Waals surface area contributed by atoms with Gasteiger partial charge < -0.3 is 19.6 Å². The Hall–Kier alpha value is -1.59. The maximum Gasteiger partial charge on any atom is 0.255 e. The van der Waals surface area contributed by atoms with Gasteiger partial charge in [-0.1, -0.05) is 12.1 Å². The first kappa shape index (κ1) is 16.9. The van der Waals surface area contributed by atoms with E-state index in [1.54, 1.807) is 0 Å². The van der Waals surface area contributed by atoms with Gasteiger partial charge in [-0.25, -0.2) is 0 Å². The average molecular weight is 344 g/mol. The molecule has 1 aromatic rings. The Morgan fingerprint density at radius 2 is 1.80 bits per heavy atom. The van der Waals surface area contributed by atoms with E-state index < -0.39 is 11.7 Å². The van der Waals surface area contributed by atoms with E-state index in [1.807, 2.05) is 23.1 Å². The molecule has 0 radical (unpaired) electrons. The molecule has 1 aromatic carbocycles. The van der Waals surface area contributed by atoms with Gasteiger partial charge in [0, 0.05) is 38.5 Å². The zero-order valence-corrected chi connectivity index (χ0v) is 14.8. The number of likely N-dealkylation sites (tertiary alicyclic amines) is 1. The minimum absolute atomic E-state index is 0.114. The van der Waals surface area contributed by atoms with Crippen LogP contribution in [0.25, 0.3) is 0 Å². The highest BCUT2D eigenvalue weighted by atomic mass is 16.5. The molecule has 0 bridgehead atoms. The normalized spacial score (nSPS) is 26.2. The Balaban J connectivity index is 1.48. The van der Waals surface area contributed by atoms with Gasteiger partial charge in [0.1, 0.15) is 0 Å². The molecule has 25 heavy (non-hydrogen) atoms. The van der Waals surface area contributed by atoms with Crippen LogP contribution in [0.15, 0.2) is 24.3 Å². The molecule has 3 aliphatic heterocycles. The summed E-state index contributed by atoms with van der Waals surface area (Å²) in [6.45, 7) is 4.11. The van der Waals surface area contributed by atoms with Gasteiger partial charge in [0.25, 0.3) is 5.91 Å². The maximum atomic E-state index is 13.1. The van der Waals surface area contributed by atoms with Crippen LogP contribution in [0.4, 0.5) is 5.69 Å². The standard InChI is InChI=1S/C20H28N2O3/c23-18-8-5-15-25-20(18)9-13-22(14-10-20)19(24)16-6-1-2-7-17(16)21-11-3-4-12-21/h1-2,6-7,18,23H,3-5,8-15H2. The quantitative estimate of drug-likeness (QED) is 0.895. The number of aliphatic hydroxyl groups excluding tert-OH is 1. The van der Waals surface area contributed by atoms with E-state index in [0.717, 1.165) is 56.6 Å². The summed E-state index contributed by atoms with van der Waals surface area (Å²) >= 11 is 0. The zero-order chi connectivity index (χ0) is 17.3. The first-order chi connectivity index (χ1) is 12.2. The van der Waals surface area contributed by atoms with Crippen LogP contribution in [0.5, 0.6) is 0 Å². The summed E-state index contributed by atoms with van der Waals surface area (Å²) in [4.78, 5) is 17.4. The third kappa shape index (κ3) is 3.15. The van der Waals surface area contributed by atoms with Crippen LogP contribution in [0.1, 0.15) is 48.9 Å². The highest BCUT2D eigenvalue weighted by Crippen LogP contribution is 2.36. The summed E-state index contributed by atoms with van der Waals surface area (Å²) < 4.78 is 5.96. The van der Waals surface area contributed by atoms with Crippen LogP contribution in [0, 0.1) is 0 Å². The van der Waals surface area contributed by atoms with Crippen LogP contribution >= 0.6 is 0 Å². The molecule has 3 saturated heterocycles. The van der Waals surface area contributed by atoms with Gasteiger partial charge in [-0.05, 0) is 50.7 Å². The fourth-order valence-electron chi connectivity index (χ4n) is 4.54. The lowest BCUT2D eigenvalue weighted by Crippen LogP contribution is -2.56. The van der Waals surface area contributed by atoms with E-state index in [-0.39, 0.29) is 5.91 Å². The number of carbonyl (C=O) groups is 1. The van der Waals surface area contributed by atoms with Crippen molar-refractivity contribution in [3.8, 4) is 0 Å². The van der Waals surface area contributed by atoms with Crippen LogP contribution in [0.3, 0.4) is 0 Å². The second kappa shape index (κ2) is 6.96. The summed E-state index contributed by atoms with van der Waals surface area (Å²) in [5, 5.41) is 10.4. The Morgan fingerprint density at radius 1 is 1.08 bits per heavy atom. The topological polar surface area (TPSA) is 53.0 Å². The van der Waals surface area contributed by atoms with E-state index >= 15 is 0 Å². The number of nitrogens with zero attached hydrogens (tertiary/aromatic N) is 2. The summed E-state index contributed by atoms with van der Waals surface area (Å²) in [7, 11) is 0. The Kier molecular flexibility index (Phi) is 4.69. The smallest absolute Gasteiger partial charge is 0.255 e. The SMILES string of the molecule is O=C(c1ccccc1N1CCCC1)N1CCC2(CC1)OCCCC2O. The van der Waals surface area contributed by atoms with Crippen molar-refractivity contribution in [1.29, 1.82) is 0 Å². The van der Waals surface area contributed by atoms with Crippen molar-refractivity contribution in [1.82, 2.24) is 4.90 Å². The number of para-hydroxylation sites is 1. The largest absolute Gasteiger partial charge is 0.390 e. The number of amides is 1. The van der Waals surface area contributed by atoms with Crippen LogP contribution in [0.2, 0.25) is 0 Å². The first-order valence-corrected chi connectivity index (χ1v) is 9.65. The van der Waals surface area contributed by atoms with E-state index in [0.29, 0.717) is 13.1 Å². The molecule has 3 heterocycles. The van der Waals surface area contributed by atoms with Gasteiger partial charge in [-0.15, -0.1) is 0 Å². The minimum atomic E-state index is -0.427. The molecule has 3 aliphatic rings. The fourth-order valence-corrected chi connectivity index (χ4v) is 4.54. The van der Waals surface area contributed by atoms with Crippen molar-refractivity contribution in [2.75, 3.05) is 37.7 Å². The van der Waals surface area contributed by atoms with Crippen LogP contribution in [-0.2, 0) is 4.74 Å². The number of benzene rings is 1. The maximum absolute atomic E-state index is 13.1. The van der Waals surface area contributed by atoms with E-state index in [9.17, 15) is 9.90 Å². The van der Waals surface area contributed by atoms with Gasteiger partial charge in [0.15, 0.2) is 0 Å². The minimum Gasteiger partial charge on any atom is -0.390 e. The van der Waals surface area contributed by atoms with Crippen molar-refractivity contribution in [2.45, 2.75) is 50.2 Å². The van der Waals surface area contributed by atoms with Gasteiger partial charge >= 0.3 is 0 Å². The van der Waals surface area contributed by atoms with Crippen LogP contribution < -0.4 is 4.90 Å². The molecule has 0 saturated carbocycles. The van der Waals surface area contributed by atoms with Gasteiger partial charge in [0.05, 0.1) is 17.3 Å². The molecule has 0 aliphatic carbocycles. The Morgan fingerprint density at radius 3 is 2.52 bits per heavy atom. The number of ether oxygens (including phenoxy) is 1. The summed E-state index contributed by atoms with van der Waals surface area (Å²) in [5.41, 5.74) is 1.45. The lowest BCUT2D eigenvalue weighted by atomic mass is 9.82.